The molecule has 2 amide bonds. The third kappa shape index (κ3) is 5.00. The van der Waals surface area contributed by atoms with Crippen LogP contribution in [-0.2, 0) is 16.1 Å². The number of rotatable bonds is 6. The first-order valence-electron chi connectivity index (χ1n) is 7.48. The summed E-state index contributed by atoms with van der Waals surface area (Å²) in [5.41, 5.74) is 1.76. The number of carbonyl (C=O) groups excluding carboxylic acids is 2. The Morgan fingerprint density at radius 3 is 2.68 bits per heavy atom. The third-order valence-corrected chi connectivity index (χ3v) is 3.87. The topological polar surface area (TPSA) is 70.2 Å². The molecule has 1 atom stereocenters. The van der Waals surface area contributed by atoms with Gasteiger partial charge in [-0.05, 0) is 24.1 Å². The summed E-state index contributed by atoms with van der Waals surface area (Å²) < 4.78 is 0. The number of halogens is 1. The van der Waals surface area contributed by atoms with Gasteiger partial charge < -0.3 is 16.0 Å². The van der Waals surface area contributed by atoms with E-state index in [0.29, 0.717) is 6.54 Å². The molecule has 1 unspecified atom stereocenters. The molecule has 22 heavy (non-hydrogen) atoms. The third-order valence-electron chi connectivity index (χ3n) is 3.87. The fraction of sp³-hybridized carbons (Fsp3) is 0.500. The van der Waals surface area contributed by atoms with Crippen LogP contribution in [0.25, 0.3) is 0 Å². The first-order chi connectivity index (χ1) is 10.1. The van der Waals surface area contributed by atoms with Crippen molar-refractivity contribution in [2.75, 3.05) is 18.4 Å². The second-order valence-electron chi connectivity index (χ2n) is 5.57. The summed E-state index contributed by atoms with van der Waals surface area (Å²) in [7, 11) is 0. The van der Waals surface area contributed by atoms with Crippen molar-refractivity contribution in [3.05, 3.63) is 29.8 Å². The highest BCUT2D eigenvalue weighted by molar-refractivity contribution is 5.92. The Morgan fingerprint density at radius 2 is 2.09 bits per heavy atom. The van der Waals surface area contributed by atoms with Crippen LogP contribution in [0.15, 0.2) is 24.3 Å². The van der Waals surface area contributed by atoms with Gasteiger partial charge in [-0.15, -0.1) is 12.4 Å². The van der Waals surface area contributed by atoms with Crippen molar-refractivity contribution in [2.45, 2.75) is 26.8 Å². The Balaban J connectivity index is 0.00000242. The zero-order valence-corrected chi connectivity index (χ0v) is 13.8. The summed E-state index contributed by atoms with van der Waals surface area (Å²) in [6.07, 6.45) is 0.816. The van der Waals surface area contributed by atoms with Crippen molar-refractivity contribution in [3.8, 4) is 0 Å². The maximum atomic E-state index is 11.9. The average Bonchev–Trinajstić information content (AvgIpc) is 2.42. The smallest absolute Gasteiger partial charge is 0.227 e. The highest BCUT2D eigenvalue weighted by Crippen LogP contribution is 2.13. The van der Waals surface area contributed by atoms with Gasteiger partial charge in [0, 0.05) is 31.2 Å². The zero-order chi connectivity index (χ0) is 15.2. The van der Waals surface area contributed by atoms with Crippen LogP contribution in [-0.4, -0.2) is 24.9 Å². The molecular weight excluding hydrogens is 302 g/mol. The molecule has 5 nitrogen and oxygen atoms in total. The van der Waals surface area contributed by atoms with Crippen LogP contribution in [0.3, 0.4) is 0 Å². The number of hydrogen-bond acceptors (Lipinski definition) is 3. The van der Waals surface area contributed by atoms with E-state index in [4.69, 9.17) is 0 Å². The molecule has 1 saturated heterocycles. The molecule has 1 aliphatic heterocycles. The Bertz CT molecular complexity index is 518. The van der Waals surface area contributed by atoms with Gasteiger partial charge in [-0.3, -0.25) is 9.59 Å². The maximum Gasteiger partial charge on any atom is 0.227 e. The SMILES string of the molecule is CCC(C)C(=O)Nc1cccc(CNC(=O)C2CNC2)c1.Cl. The average molecular weight is 326 g/mol. The molecule has 2 rings (SSSR count). The molecule has 0 spiro atoms. The van der Waals surface area contributed by atoms with Crippen LogP contribution in [0, 0.1) is 11.8 Å². The maximum absolute atomic E-state index is 11.9. The van der Waals surface area contributed by atoms with Gasteiger partial charge in [-0.2, -0.15) is 0 Å². The second-order valence-corrected chi connectivity index (χ2v) is 5.57. The van der Waals surface area contributed by atoms with E-state index in [0.717, 1.165) is 30.8 Å². The summed E-state index contributed by atoms with van der Waals surface area (Å²) in [6, 6.07) is 7.60. The van der Waals surface area contributed by atoms with Crippen molar-refractivity contribution >= 4 is 29.9 Å². The van der Waals surface area contributed by atoms with Gasteiger partial charge in [0.25, 0.3) is 0 Å². The Morgan fingerprint density at radius 1 is 1.36 bits per heavy atom. The molecule has 1 aliphatic rings. The van der Waals surface area contributed by atoms with Gasteiger partial charge in [0.2, 0.25) is 11.8 Å². The van der Waals surface area contributed by atoms with Gasteiger partial charge in [0.05, 0.1) is 5.92 Å². The Labute approximate surface area is 137 Å². The summed E-state index contributed by atoms with van der Waals surface area (Å²) in [5, 5.41) is 8.91. The molecule has 0 aromatic heterocycles. The largest absolute Gasteiger partial charge is 0.352 e. The van der Waals surface area contributed by atoms with Crippen molar-refractivity contribution < 1.29 is 9.59 Å². The van der Waals surface area contributed by atoms with Crippen molar-refractivity contribution in [2.24, 2.45) is 11.8 Å². The summed E-state index contributed by atoms with van der Waals surface area (Å²) >= 11 is 0. The minimum Gasteiger partial charge on any atom is -0.352 e. The molecular formula is C16H24ClN3O2. The second kappa shape index (κ2) is 8.76. The quantitative estimate of drug-likeness (QED) is 0.748. The minimum absolute atomic E-state index is 0. The monoisotopic (exact) mass is 325 g/mol. The van der Waals surface area contributed by atoms with E-state index in [1.54, 1.807) is 0 Å². The molecule has 122 valence electrons. The molecule has 1 aromatic rings. The lowest BCUT2D eigenvalue weighted by molar-refractivity contribution is -0.126. The van der Waals surface area contributed by atoms with Crippen LogP contribution in [0.5, 0.6) is 0 Å². The number of anilines is 1. The van der Waals surface area contributed by atoms with Gasteiger partial charge in [-0.25, -0.2) is 0 Å². The fourth-order valence-electron chi connectivity index (χ4n) is 2.02. The molecule has 3 N–H and O–H groups in total. The first kappa shape index (κ1) is 18.5. The van der Waals surface area contributed by atoms with E-state index in [2.05, 4.69) is 16.0 Å². The molecule has 1 fully saturated rings. The highest BCUT2D eigenvalue weighted by Gasteiger charge is 2.24. The summed E-state index contributed by atoms with van der Waals surface area (Å²) in [4.78, 5) is 23.6. The zero-order valence-electron chi connectivity index (χ0n) is 13.0. The first-order valence-corrected chi connectivity index (χ1v) is 7.48. The number of hydrogen-bond donors (Lipinski definition) is 3. The lowest BCUT2D eigenvalue weighted by Crippen LogP contribution is -2.50. The van der Waals surface area contributed by atoms with E-state index in [9.17, 15) is 9.59 Å². The number of carbonyl (C=O) groups is 2. The number of benzene rings is 1. The van der Waals surface area contributed by atoms with Crippen LogP contribution in [0.2, 0.25) is 0 Å². The lowest BCUT2D eigenvalue weighted by Gasteiger charge is -2.25. The summed E-state index contributed by atoms with van der Waals surface area (Å²) in [5.74, 6) is 0.208. The predicted octanol–water partition coefficient (Wildman–Crippen LogP) is 1.93. The van der Waals surface area contributed by atoms with Gasteiger partial charge >= 0.3 is 0 Å². The fourth-order valence-corrected chi connectivity index (χ4v) is 2.02. The lowest BCUT2D eigenvalue weighted by atomic mass is 10.0. The van der Waals surface area contributed by atoms with E-state index in [-0.39, 0.29) is 36.1 Å². The van der Waals surface area contributed by atoms with E-state index in [1.807, 2.05) is 38.1 Å². The molecule has 1 aromatic carbocycles. The standard InChI is InChI=1S/C16H23N3O2.ClH/c1-3-11(2)15(20)19-14-6-4-5-12(7-14)8-18-16(21)13-9-17-10-13;/h4-7,11,13,17H,3,8-10H2,1-2H3,(H,18,21)(H,19,20);1H. The predicted molar refractivity (Wildman–Crippen MR) is 90.0 cm³/mol. The van der Waals surface area contributed by atoms with Crippen LogP contribution in [0.4, 0.5) is 5.69 Å². The van der Waals surface area contributed by atoms with Gasteiger partial charge in [0.1, 0.15) is 0 Å². The van der Waals surface area contributed by atoms with Crippen LogP contribution in [0.1, 0.15) is 25.8 Å². The van der Waals surface area contributed by atoms with Gasteiger partial charge in [-0.1, -0.05) is 26.0 Å². The van der Waals surface area contributed by atoms with Crippen molar-refractivity contribution in [1.29, 1.82) is 0 Å². The molecule has 0 bridgehead atoms. The van der Waals surface area contributed by atoms with Crippen molar-refractivity contribution in [1.82, 2.24) is 10.6 Å². The molecule has 0 radical (unpaired) electrons. The highest BCUT2D eigenvalue weighted by atomic mass is 35.5. The van der Waals surface area contributed by atoms with Crippen LogP contribution < -0.4 is 16.0 Å². The summed E-state index contributed by atoms with van der Waals surface area (Å²) in [6.45, 7) is 5.91. The van der Waals surface area contributed by atoms with Gasteiger partial charge in [0.15, 0.2) is 0 Å². The Hall–Kier alpha value is -1.59. The molecule has 6 heteroatoms. The molecule has 1 heterocycles. The number of amides is 2. The normalized spacial score (nSPS) is 15.2. The van der Waals surface area contributed by atoms with E-state index < -0.39 is 0 Å². The van der Waals surface area contributed by atoms with Crippen LogP contribution >= 0.6 is 12.4 Å². The molecule has 0 saturated carbocycles. The van der Waals surface area contributed by atoms with E-state index >= 15 is 0 Å². The molecule has 0 aliphatic carbocycles. The Kier molecular flexibility index (Phi) is 7.35. The minimum atomic E-state index is -0.000486. The van der Waals surface area contributed by atoms with Crippen molar-refractivity contribution in [3.63, 3.8) is 0 Å². The van der Waals surface area contributed by atoms with E-state index in [1.165, 1.54) is 0 Å². The number of nitrogens with one attached hydrogen (secondary N) is 3.